The second-order valence-corrected chi connectivity index (χ2v) is 13.1. The lowest BCUT2D eigenvalue weighted by Gasteiger charge is -2.47. The number of pyridine rings is 1. The first-order valence-corrected chi connectivity index (χ1v) is 15.7. The number of carbonyl (C=O) groups is 1. The monoisotopic (exact) mass is 588 g/mol. The van der Waals surface area contributed by atoms with Gasteiger partial charge in [0.2, 0.25) is 0 Å². The van der Waals surface area contributed by atoms with E-state index in [1.54, 1.807) is 19.2 Å². The quantitative estimate of drug-likeness (QED) is 0.266. The fourth-order valence-corrected chi connectivity index (χ4v) is 8.19. The van der Waals surface area contributed by atoms with Gasteiger partial charge in [-0.2, -0.15) is 0 Å². The van der Waals surface area contributed by atoms with E-state index in [1.165, 1.54) is 11.1 Å². The summed E-state index contributed by atoms with van der Waals surface area (Å²) in [5.41, 5.74) is 4.75. The number of halogens is 1. The lowest BCUT2D eigenvalue weighted by molar-refractivity contribution is -0.144. The van der Waals surface area contributed by atoms with Crippen molar-refractivity contribution in [3.8, 4) is 5.75 Å². The van der Waals surface area contributed by atoms with E-state index in [-0.39, 0.29) is 11.5 Å². The fourth-order valence-electron chi connectivity index (χ4n) is 8.00. The first kappa shape index (κ1) is 29.0. The van der Waals surface area contributed by atoms with Crippen molar-refractivity contribution in [1.82, 2.24) is 4.98 Å². The molecule has 0 bridgehead atoms. The van der Waals surface area contributed by atoms with E-state index in [2.05, 4.69) is 41.5 Å². The number of rotatable bonds is 9. The third-order valence-electron chi connectivity index (χ3n) is 10.1. The molecule has 2 aromatic carbocycles. The van der Waals surface area contributed by atoms with Crippen LogP contribution in [0.5, 0.6) is 5.75 Å². The Morgan fingerprint density at radius 1 is 1.14 bits per heavy atom. The third kappa shape index (κ3) is 5.40. The highest BCUT2D eigenvalue weighted by atomic mass is 35.5. The number of fused-ring (bicyclic) bond motifs is 3. The number of anilines is 1. The van der Waals surface area contributed by atoms with Crippen LogP contribution < -0.4 is 10.1 Å². The van der Waals surface area contributed by atoms with Crippen molar-refractivity contribution in [2.75, 3.05) is 19.0 Å². The van der Waals surface area contributed by atoms with E-state index in [0.29, 0.717) is 36.3 Å². The van der Waals surface area contributed by atoms with E-state index in [9.17, 15) is 9.90 Å². The molecule has 3 aromatic rings. The Hall–Kier alpha value is -3.09. The first-order chi connectivity index (χ1) is 20.3. The highest BCUT2D eigenvalue weighted by Crippen LogP contribution is 2.56. The van der Waals surface area contributed by atoms with Crippen LogP contribution in [0.4, 0.5) is 5.69 Å². The predicted molar refractivity (Wildman–Crippen MR) is 165 cm³/mol. The Kier molecular flexibility index (Phi) is 8.21. The standard InChI is InChI=1S/C35H41ClN2O4/c1-23(22-42-31-13-18-37-29-11-6-12-30(41-2)32(29)31)19-25-20-24-7-3-4-10-28(24)34(25)14-16-35(17-15-34,33(39)40)38-27-9-5-8-26(36)21-27/h3-5,7-10,13,18,21,23,25,30,38H,6,11-12,14-17,19-20,22H2,1-2H3,(H,39,40)/t23-,25+,30+,34?,35?/m1/s1. The van der Waals surface area contributed by atoms with Gasteiger partial charge in [0.05, 0.1) is 12.7 Å². The van der Waals surface area contributed by atoms with E-state index < -0.39 is 11.5 Å². The summed E-state index contributed by atoms with van der Waals surface area (Å²) in [6.07, 6.45) is 9.77. The second-order valence-electron chi connectivity index (χ2n) is 12.7. The average molecular weight is 589 g/mol. The fraction of sp³-hybridized carbons (Fsp3) is 0.486. The maximum absolute atomic E-state index is 12.7. The number of carboxylic acids is 1. The lowest BCUT2D eigenvalue weighted by atomic mass is 9.59. The molecule has 6 rings (SSSR count). The number of methoxy groups -OCH3 is 1. The molecule has 2 N–H and O–H groups in total. The molecule has 1 aromatic heterocycles. The summed E-state index contributed by atoms with van der Waals surface area (Å²) in [5.74, 6) is 0.880. The normalized spacial score (nSPS) is 27.2. The number of aryl methyl sites for hydroxylation is 1. The van der Waals surface area contributed by atoms with Gasteiger partial charge < -0.3 is 19.9 Å². The topological polar surface area (TPSA) is 80.7 Å². The molecule has 3 aliphatic carbocycles. The van der Waals surface area contributed by atoms with Gasteiger partial charge in [-0.05, 0) is 110 Å². The van der Waals surface area contributed by atoms with Crippen molar-refractivity contribution >= 4 is 23.3 Å². The zero-order valence-electron chi connectivity index (χ0n) is 24.6. The van der Waals surface area contributed by atoms with E-state index >= 15 is 0 Å². The molecule has 1 fully saturated rings. The Balaban J connectivity index is 1.19. The van der Waals surface area contributed by atoms with Gasteiger partial charge in [0, 0.05) is 35.3 Å². The van der Waals surface area contributed by atoms with Crippen molar-refractivity contribution in [3.63, 3.8) is 0 Å². The van der Waals surface area contributed by atoms with Crippen LogP contribution in [-0.2, 0) is 27.8 Å². The minimum absolute atomic E-state index is 0.0310. The Bertz CT molecular complexity index is 1430. The summed E-state index contributed by atoms with van der Waals surface area (Å²) < 4.78 is 12.3. The summed E-state index contributed by atoms with van der Waals surface area (Å²) in [7, 11) is 1.77. The maximum atomic E-state index is 12.7. The van der Waals surface area contributed by atoms with Gasteiger partial charge in [-0.3, -0.25) is 4.98 Å². The summed E-state index contributed by atoms with van der Waals surface area (Å²) in [4.78, 5) is 17.3. The van der Waals surface area contributed by atoms with Gasteiger partial charge in [0.25, 0.3) is 0 Å². The summed E-state index contributed by atoms with van der Waals surface area (Å²) in [6.45, 7) is 2.91. The molecule has 3 aliphatic rings. The molecule has 0 aliphatic heterocycles. The molecule has 0 amide bonds. The molecular weight excluding hydrogens is 548 g/mol. The van der Waals surface area contributed by atoms with Crippen molar-refractivity contribution in [2.45, 2.75) is 81.8 Å². The molecular formula is C35H41ClN2O4. The molecule has 6 nitrogen and oxygen atoms in total. The number of nitrogens with one attached hydrogen (secondary N) is 1. The first-order valence-electron chi connectivity index (χ1n) is 15.3. The molecule has 7 heteroatoms. The van der Waals surface area contributed by atoms with Crippen LogP contribution in [-0.4, -0.2) is 35.3 Å². The molecule has 0 radical (unpaired) electrons. The number of carboxylic acid groups (broad SMARTS) is 1. The predicted octanol–water partition coefficient (Wildman–Crippen LogP) is 7.78. The number of aliphatic carboxylic acids is 1. The highest BCUT2D eigenvalue weighted by molar-refractivity contribution is 6.30. The molecule has 1 heterocycles. The van der Waals surface area contributed by atoms with Gasteiger partial charge in [-0.15, -0.1) is 0 Å². The highest BCUT2D eigenvalue weighted by Gasteiger charge is 2.54. The van der Waals surface area contributed by atoms with Crippen LogP contribution in [0.1, 0.15) is 80.4 Å². The second kappa shape index (κ2) is 11.9. The van der Waals surface area contributed by atoms with Crippen molar-refractivity contribution < 1.29 is 19.4 Å². The smallest absolute Gasteiger partial charge is 0.329 e. The van der Waals surface area contributed by atoms with E-state index in [1.807, 2.05) is 24.4 Å². The maximum Gasteiger partial charge on any atom is 0.329 e. The largest absolute Gasteiger partial charge is 0.493 e. The third-order valence-corrected chi connectivity index (χ3v) is 10.4. The van der Waals surface area contributed by atoms with Gasteiger partial charge in [0.1, 0.15) is 11.3 Å². The lowest BCUT2D eigenvalue weighted by Crippen LogP contribution is -2.53. The van der Waals surface area contributed by atoms with Crippen LogP contribution >= 0.6 is 11.6 Å². The number of benzene rings is 2. The minimum atomic E-state index is -1.01. The average Bonchev–Trinajstić information content (AvgIpc) is 3.29. The van der Waals surface area contributed by atoms with Crippen LogP contribution in [0, 0.1) is 11.8 Å². The molecule has 1 saturated carbocycles. The molecule has 3 atom stereocenters. The molecule has 222 valence electrons. The van der Waals surface area contributed by atoms with Gasteiger partial charge in [-0.25, -0.2) is 4.79 Å². The minimum Gasteiger partial charge on any atom is -0.493 e. The van der Waals surface area contributed by atoms with E-state index in [0.717, 1.165) is 67.6 Å². The molecule has 0 saturated heterocycles. The SMILES string of the molecule is CO[C@H]1CCCc2nccc(OC[C@H](C)C[C@H]3Cc4ccccc4C34CCC(Nc3cccc(Cl)c3)(C(=O)O)CC4)c21. The van der Waals surface area contributed by atoms with Crippen molar-refractivity contribution in [1.29, 1.82) is 0 Å². The number of hydrogen-bond acceptors (Lipinski definition) is 5. The molecule has 42 heavy (non-hydrogen) atoms. The Morgan fingerprint density at radius 3 is 2.71 bits per heavy atom. The van der Waals surface area contributed by atoms with Crippen LogP contribution in [0.2, 0.25) is 5.02 Å². The number of hydrogen-bond donors (Lipinski definition) is 2. The summed E-state index contributed by atoms with van der Waals surface area (Å²) in [5, 5.41) is 14.4. The number of nitrogens with zero attached hydrogens (tertiary/aromatic N) is 1. The van der Waals surface area contributed by atoms with Gasteiger partial charge in [-0.1, -0.05) is 48.9 Å². The number of ether oxygens (including phenoxy) is 2. The van der Waals surface area contributed by atoms with E-state index in [4.69, 9.17) is 21.1 Å². The van der Waals surface area contributed by atoms with Crippen LogP contribution in [0.25, 0.3) is 0 Å². The van der Waals surface area contributed by atoms with Gasteiger partial charge in [0.15, 0.2) is 0 Å². The van der Waals surface area contributed by atoms with Crippen LogP contribution in [0.3, 0.4) is 0 Å². The Labute approximate surface area is 253 Å². The zero-order chi connectivity index (χ0) is 29.3. The summed E-state index contributed by atoms with van der Waals surface area (Å²) >= 11 is 6.22. The summed E-state index contributed by atoms with van der Waals surface area (Å²) in [6, 6.07) is 18.2. The van der Waals surface area contributed by atoms with Crippen molar-refractivity contribution in [3.05, 3.63) is 88.2 Å². The van der Waals surface area contributed by atoms with Crippen LogP contribution in [0.15, 0.2) is 60.8 Å². The molecule has 1 spiro atoms. The molecule has 0 unspecified atom stereocenters. The zero-order valence-corrected chi connectivity index (χ0v) is 25.3. The van der Waals surface area contributed by atoms with Gasteiger partial charge >= 0.3 is 5.97 Å². The van der Waals surface area contributed by atoms with Crippen molar-refractivity contribution in [2.24, 2.45) is 11.8 Å². The number of aromatic nitrogens is 1. The Morgan fingerprint density at radius 2 is 1.95 bits per heavy atom.